The molecule has 2 aromatic rings. The van der Waals surface area contributed by atoms with Crippen LogP contribution in [0.25, 0.3) is 0 Å². The van der Waals surface area contributed by atoms with Crippen LogP contribution in [0.2, 0.25) is 0 Å². The molecule has 0 aliphatic carbocycles. The number of hydrogen-bond donors (Lipinski definition) is 1. The Morgan fingerprint density at radius 1 is 1.55 bits per heavy atom. The molecule has 1 N–H and O–H groups in total. The molecule has 1 heterocycles. The van der Waals surface area contributed by atoms with E-state index < -0.39 is 4.92 Å². The van der Waals surface area contributed by atoms with Gasteiger partial charge in [-0.2, -0.15) is 10.4 Å². The molecule has 1 aromatic heterocycles. The van der Waals surface area contributed by atoms with Crippen LogP contribution in [-0.4, -0.2) is 16.1 Å². The summed E-state index contributed by atoms with van der Waals surface area (Å²) < 4.78 is 5.13. The number of nitrogens with zero attached hydrogens (tertiary/aromatic N) is 4. The molecule has 2 rings (SSSR count). The Morgan fingerprint density at radius 3 is 3.00 bits per heavy atom. The first kappa shape index (κ1) is 13.2. The summed E-state index contributed by atoms with van der Waals surface area (Å²) in [6.45, 7) is 1.60. The number of oxazole rings is 1. The van der Waals surface area contributed by atoms with Crippen LogP contribution in [-0.2, 0) is 0 Å². The van der Waals surface area contributed by atoms with Crippen LogP contribution < -0.4 is 5.43 Å². The van der Waals surface area contributed by atoms with Crippen LogP contribution in [0.3, 0.4) is 0 Å². The van der Waals surface area contributed by atoms with Crippen LogP contribution >= 0.6 is 0 Å². The van der Waals surface area contributed by atoms with Gasteiger partial charge in [0.15, 0.2) is 5.89 Å². The van der Waals surface area contributed by atoms with Crippen molar-refractivity contribution in [3.8, 4) is 6.07 Å². The minimum atomic E-state index is -0.499. The molecule has 1 aromatic carbocycles. The summed E-state index contributed by atoms with van der Waals surface area (Å²) in [7, 11) is 0. The third kappa shape index (κ3) is 2.78. The third-order valence-corrected chi connectivity index (χ3v) is 2.34. The predicted molar refractivity (Wildman–Crippen MR) is 70.3 cm³/mol. The van der Waals surface area contributed by atoms with E-state index in [9.17, 15) is 10.1 Å². The molecule has 0 aliphatic rings. The molecule has 0 aliphatic heterocycles. The van der Waals surface area contributed by atoms with Gasteiger partial charge in [0.25, 0.3) is 11.6 Å². The second kappa shape index (κ2) is 5.62. The van der Waals surface area contributed by atoms with Gasteiger partial charge in [0.1, 0.15) is 6.07 Å². The van der Waals surface area contributed by atoms with Crippen molar-refractivity contribution in [1.29, 1.82) is 5.26 Å². The number of nitriles is 1. The largest absolute Gasteiger partial charge is 0.422 e. The fourth-order valence-corrected chi connectivity index (χ4v) is 1.50. The van der Waals surface area contributed by atoms with Gasteiger partial charge in [-0.25, -0.2) is 10.4 Å². The molecule has 20 heavy (non-hydrogen) atoms. The number of anilines is 1. The van der Waals surface area contributed by atoms with Gasteiger partial charge in [-0.15, -0.1) is 0 Å². The Balaban J connectivity index is 2.19. The Hall–Kier alpha value is -3.21. The summed E-state index contributed by atoms with van der Waals surface area (Å²) in [4.78, 5) is 14.1. The van der Waals surface area contributed by atoms with E-state index in [1.54, 1.807) is 25.1 Å². The van der Waals surface area contributed by atoms with Crippen molar-refractivity contribution in [2.75, 3.05) is 5.43 Å². The van der Waals surface area contributed by atoms with E-state index in [1.807, 2.05) is 6.07 Å². The monoisotopic (exact) mass is 271 g/mol. The summed E-state index contributed by atoms with van der Waals surface area (Å²) in [5, 5.41) is 23.4. The lowest BCUT2D eigenvalue weighted by Gasteiger charge is -1.96. The Kier molecular flexibility index (Phi) is 3.72. The van der Waals surface area contributed by atoms with Crippen molar-refractivity contribution < 1.29 is 9.34 Å². The molecule has 0 unspecified atom stereocenters. The first-order valence-electron chi connectivity index (χ1n) is 5.52. The zero-order valence-corrected chi connectivity index (χ0v) is 10.4. The van der Waals surface area contributed by atoms with Crippen molar-refractivity contribution in [3.63, 3.8) is 0 Å². The van der Waals surface area contributed by atoms with Gasteiger partial charge >= 0.3 is 0 Å². The van der Waals surface area contributed by atoms with E-state index in [-0.39, 0.29) is 17.3 Å². The average molecular weight is 271 g/mol. The standard InChI is InChI=1S/C12H9N5O3/c1-8-15-10(6-13)12(20-8)16-14-7-9-4-2-3-5-11(9)17(18)19/h2-5,7,16H,1H3. The molecule has 0 amide bonds. The van der Waals surface area contributed by atoms with E-state index in [4.69, 9.17) is 9.68 Å². The van der Waals surface area contributed by atoms with Gasteiger partial charge in [-0.1, -0.05) is 12.1 Å². The van der Waals surface area contributed by atoms with Gasteiger partial charge < -0.3 is 4.42 Å². The molecule has 100 valence electrons. The summed E-state index contributed by atoms with van der Waals surface area (Å²) in [6, 6.07) is 8.00. The van der Waals surface area contributed by atoms with Crippen LogP contribution in [0.5, 0.6) is 0 Å². The number of aryl methyl sites for hydroxylation is 1. The summed E-state index contributed by atoms with van der Waals surface area (Å²) in [6.07, 6.45) is 1.27. The molecule has 0 saturated carbocycles. The number of hydrazone groups is 1. The Bertz CT molecular complexity index is 714. The Labute approximate surface area is 113 Å². The summed E-state index contributed by atoms with van der Waals surface area (Å²) in [5.41, 5.74) is 2.84. The van der Waals surface area contributed by atoms with E-state index in [2.05, 4.69) is 15.5 Å². The number of nitro groups is 1. The first-order valence-corrected chi connectivity index (χ1v) is 5.52. The average Bonchev–Trinajstić information content (AvgIpc) is 2.79. The number of nitrogens with one attached hydrogen (secondary N) is 1. The number of aromatic nitrogens is 1. The lowest BCUT2D eigenvalue weighted by Crippen LogP contribution is -1.96. The molecule has 0 atom stereocenters. The number of para-hydroxylation sites is 1. The fourth-order valence-electron chi connectivity index (χ4n) is 1.50. The topological polar surface area (TPSA) is 117 Å². The maximum atomic E-state index is 10.8. The molecular formula is C12H9N5O3. The van der Waals surface area contributed by atoms with Gasteiger partial charge in [-0.05, 0) is 6.07 Å². The normalized spacial score (nSPS) is 10.4. The molecule has 8 nitrogen and oxygen atoms in total. The van der Waals surface area contributed by atoms with Crippen LogP contribution in [0.1, 0.15) is 17.1 Å². The van der Waals surface area contributed by atoms with Crippen molar-refractivity contribution >= 4 is 17.8 Å². The highest BCUT2D eigenvalue weighted by molar-refractivity contribution is 5.85. The van der Waals surface area contributed by atoms with Crippen molar-refractivity contribution in [2.24, 2.45) is 5.10 Å². The zero-order valence-electron chi connectivity index (χ0n) is 10.4. The zero-order chi connectivity index (χ0) is 14.5. The highest BCUT2D eigenvalue weighted by Gasteiger charge is 2.11. The minimum Gasteiger partial charge on any atom is -0.422 e. The molecule has 0 fully saturated rings. The SMILES string of the molecule is Cc1nc(C#N)c(NN=Cc2ccccc2[N+](=O)[O-])o1. The lowest BCUT2D eigenvalue weighted by molar-refractivity contribution is -0.385. The second-order valence-electron chi connectivity index (χ2n) is 3.71. The number of rotatable bonds is 4. The molecule has 0 bridgehead atoms. The third-order valence-electron chi connectivity index (χ3n) is 2.34. The minimum absolute atomic E-state index is 0.0627. The molecule has 0 radical (unpaired) electrons. The predicted octanol–water partition coefficient (Wildman–Crippen LogP) is 2.21. The number of hydrogen-bond acceptors (Lipinski definition) is 7. The second-order valence-corrected chi connectivity index (χ2v) is 3.71. The number of nitro benzene ring substituents is 1. The van der Waals surface area contributed by atoms with Gasteiger partial charge in [0.05, 0.1) is 16.7 Å². The maximum absolute atomic E-state index is 10.8. The van der Waals surface area contributed by atoms with E-state index in [0.717, 1.165) is 0 Å². The molecule has 0 spiro atoms. The molecule has 0 saturated heterocycles. The van der Waals surface area contributed by atoms with Crippen LogP contribution in [0.4, 0.5) is 11.6 Å². The van der Waals surface area contributed by atoms with Gasteiger partial charge in [-0.3, -0.25) is 10.1 Å². The molecule has 8 heteroatoms. The maximum Gasteiger partial charge on any atom is 0.278 e. The van der Waals surface area contributed by atoms with E-state index in [0.29, 0.717) is 11.5 Å². The first-order chi connectivity index (χ1) is 9.61. The number of benzene rings is 1. The van der Waals surface area contributed by atoms with Crippen molar-refractivity contribution in [3.05, 3.63) is 51.5 Å². The van der Waals surface area contributed by atoms with Gasteiger partial charge in [0, 0.05) is 13.0 Å². The van der Waals surface area contributed by atoms with E-state index >= 15 is 0 Å². The van der Waals surface area contributed by atoms with Crippen molar-refractivity contribution in [2.45, 2.75) is 6.92 Å². The Morgan fingerprint density at radius 2 is 2.30 bits per heavy atom. The quantitative estimate of drug-likeness (QED) is 0.517. The smallest absolute Gasteiger partial charge is 0.278 e. The summed E-state index contributed by atoms with van der Waals surface area (Å²) in [5.74, 6) is 0.421. The van der Waals surface area contributed by atoms with Gasteiger partial charge in [0.2, 0.25) is 5.69 Å². The lowest BCUT2D eigenvalue weighted by atomic mass is 10.2. The fraction of sp³-hybridized carbons (Fsp3) is 0.0833. The van der Waals surface area contributed by atoms with Crippen LogP contribution in [0.15, 0.2) is 33.8 Å². The highest BCUT2D eigenvalue weighted by Crippen LogP contribution is 2.17. The highest BCUT2D eigenvalue weighted by atomic mass is 16.6. The molecular weight excluding hydrogens is 262 g/mol. The van der Waals surface area contributed by atoms with Crippen LogP contribution in [0, 0.1) is 28.4 Å². The summed E-state index contributed by atoms with van der Waals surface area (Å²) >= 11 is 0. The van der Waals surface area contributed by atoms with E-state index in [1.165, 1.54) is 12.3 Å². The van der Waals surface area contributed by atoms with Crippen molar-refractivity contribution in [1.82, 2.24) is 4.98 Å².